The number of allylic oxidation sites excluding steroid dienone is 4. The number of hydrogen-bond donors (Lipinski definition) is 0. The van der Waals surface area contributed by atoms with Gasteiger partial charge in [0.05, 0.1) is 0 Å². The summed E-state index contributed by atoms with van der Waals surface area (Å²) < 4.78 is 2.47. The molecule has 0 saturated carbocycles. The summed E-state index contributed by atoms with van der Waals surface area (Å²) in [7, 11) is 0. The topological polar surface area (TPSA) is 4.93 Å². The van der Waals surface area contributed by atoms with E-state index in [4.69, 9.17) is 0 Å². The van der Waals surface area contributed by atoms with Gasteiger partial charge in [-0.2, -0.15) is 0 Å². The number of fused-ring (bicyclic) bond motifs is 7. The number of aromatic nitrogens is 1. The highest BCUT2D eigenvalue weighted by molar-refractivity contribution is 5.83. The maximum atomic E-state index is 2.47. The van der Waals surface area contributed by atoms with Crippen LogP contribution in [0.25, 0.3) is 35.2 Å². The molecule has 6 aromatic rings. The van der Waals surface area contributed by atoms with Crippen molar-refractivity contribution in [1.29, 1.82) is 0 Å². The first-order chi connectivity index (χ1) is 36.9. The Bertz CT molecular complexity index is 2860. The molecule has 0 amide bonds. The van der Waals surface area contributed by atoms with Crippen molar-refractivity contribution < 1.29 is 0 Å². The molecule has 0 atom stereocenters. The van der Waals surface area contributed by atoms with Crippen LogP contribution in [0.4, 0.5) is 0 Å². The van der Waals surface area contributed by atoms with Crippen molar-refractivity contribution in [1.82, 2.24) is 4.57 Å². The van der Waals surface area contributed by atoms with Gasteiger partial charge in [-0.3, -0.25) is 0 Å². The minimum absolute atomic E-state index is 0. The van der Waals surface area contributed by atoms with Gasteiger partial charge in [0.2, 0.25) is 0 Å². The second-order valence-corrected chi connectivity index (χ2v) is 24.9. The molecule has 2 heterocycles. The average molecular weight is 1080 g/mol. The van der Waals surface area contributed by atoms with Gasteiger partial charge < -0.3 is 4.57 Å². The minimum Gasteiger partial charge on any atom is -0.345 e. The Hall–Kier alpha value is -5.40. The number of rotatable bonds is 0. The standard InChI is InChI=1S/C15H19N.4C13H16.5C2H6.2CH4/c1-15(2,3)12-6-7-14-11(9-12)10-13-5-4-8-16(13)14;2*1-13(2,3)12-9-5-7-10-6-4-8-11(10)12;2*1-13(2,3)12-8-7-10-5-4-6-11(10)9-12;5*1-2;;/h6-7,9-10H,4-5,8H2,1-3H3;4-5,7-9H,6H2,1-3H3;4-7,9H,8H2,1-3H3;4,6-9H,5H2,1-3H3;4-5,7-9H,6H2,1-3H3;5*1-2H3;2*1H4. The molecule has 0 spiro atoms. The number of nitrogens with zero attached hydrogens (tertiary/aromatic N) is 1. The maximum Gasteiger partial charge on any atom is 0.0482 e. The van der Waals surface area contributed by atoms with E-state index in [2.05, 4.69) is 254 Å². The van der Waals surface area contributed by atoms with Crippen molar-refractivity contribution in [2.75, 3.05) is 0 Å². The molecule has 1 nitrogen and oxygen atoms in total. The summed E-state index contributed by atoms with van der Waals surface area (Å²) in [6.07, 6.45) is 24.9. The fraction of sp³-hybridized carbons (Fsp3) is 0.494. The first-order valence-electron chi connectivity index (χ1n) is 30.7. The Balaban J connectivity index is 0.000000933. The zero-order chi connectivity index (χ0) is 59.2. The van der Waals surface area contributed by atoms with Crippen LogP contribution in [0, 0.1) is 0 Å². The first kappa shape index (κ1) is 74.6. The smallest absolute Gasteiger partial charge is 0.0482 e. The van der Waals surface area contributed by atoms with Crippen molar-refractivity contribution in [3.8, 4) is 0 Å². The van der Waals surface area contributed by atoms with Crippen LogP contribution in [0.1, 0.15) is 272 Å². The van der Waals surface area contributed by atoms with Crippen LogP contribution >= 0.6 is 0 Å². The number of aryl methyl sites for hydroxylation is 2. The van der Waals surface area contributed by atoms with E-state index < -0.39 is 0 Å². The van der Waals surface area contributed by atoms with Gasteiger partial charge in [-0.15, -0.1) is 0 Å². The zero-order valence-electron chi connectivity index (χ0n) is 54.8. The Morgan fingerprint density at radius 3 is 1.41 bits per heavy atom. The van der Waals surface area contributed by atoms with Crippen LogP contribution in [0.3, 0.4) is 0 Å². The third kappa shape index (κ3) is 20.9. The lowest BCUT2D eigenvalue weighted by Crippen LogP contribution is -2.13. The Morgan fingerprint density at radius 1 is 0.362 bits per heavy atom. The van der Waals surface area contributed by atoms with Gasteiger partial charge in [-0.1, -0.05) is 315 Å². The fourth-order valence-electron chi connectivity index (χ4n) is 10.1. The van der Waals surface area contributed by atoms with Crippen molar-refractivity contribution in [2.45, 2.75) is 260 Å². The second kappa shape index (κ2) is 34.1. The molecule has 0 bridgehead atoms. The van der Waals surface area contributed by atoms with E-state index in [1.54, 1.807) is 0 Å². The predicted octanol–water partition coefficient (Wildman–Crippen LogP) is 24.5. The lowest BCUT2D eigenvalue weighted by Gasteiger charge is -2.22. The minimum atomic E-state index is 0. The second-order valence-electron chi connectivity index (χ2n) is 24.9. The molecule has 5 aromatic carbocycles. The van der Waals surface area contributed by atoms with Crippen LogP contribution in [-0.2, 0) is 65.7 Å². The van der Waals surface area contributed by atoms with E-state index in [0.29, 0.717) is 0 Å². The van der Waals surface area contributed by atoms with Crippen LogP contribution in [-0.4, -0.2) is 4.57 Å². The summed E-state index contributed by atoms with van der Waals surface area (Å²) in [6, 6.07) is 36.2. The van der Waals surface area contributed by atoms with Crippen molar-refractivity contribution in [3.63, 3.8) is 0 Å². The van der Waals surface area contributed by atoms with Crippen LogP contribution in [0.15, 0.2) is 121 Å². The van der Waals surface area contributed by atoms with E-state index in [1.807, 2.05) is 69.2 Å². The van der Waals surface area contributed by atoms with Crippen molar-refractivity contribution >= 4 is 35.2 Å². The molecule has 0 fully saturated rings. The molecule has 1 heteroatoms. The molecule has 80 heavy (non-hydrogen) atoms. The van der Waals surface area contributed by atoms with Gasteiger partial charge in [0.1, 0.15) is 0 Å². The third-order valence-corrected chi connectivity index (χ3v) is 14.2. The average Bonchev–Trinajstić information content (AvgIpc) is 4.29. The van der Waals surface area contributed by atoms with E-state index in [1.165, 1.54) is 108 Å². The molecular weight excluding hydrogens is 963 g/mol. The van der Waals surface area contributed by atoms with Crippen LogP contribution in [0.5, 0.6) is 0 Å². The molecule has 11 rings (SSSR count). The molecule has 4 aliphatic carbocycles. The van der Waals surface area contributed by atoms with Gasteiger partial charge in [0.25, 0.3) is 0 Å². The molecular formula is C79H121N. The Labute approximate surface area is 496 Å². The summed E-state index contributed by atoms with van der Waals surface area (Å²) in [6.45, 7) is 55.2. The van der Waals surface area contributed by atoms with Crippen molar-refractivity contribution in [2.24, 2.45) is 0 Å². The summed E-state index contributed by atoms with van der Waals surface area (Å²) >= 11 is 0. The predicted molar refractivity (Wildman–Crippen MR) is 371 cm³/mol. The molecule has 0 unspecified atom stereocenters. The van der Waals surface area contributed by atoms with Gasteiger partial charge in [0, 0.05) is 23.1 Å². The molecule has 0 N–H and O–H groups in total. The normalized spacial score (nSPS) is 13.1. The summed E-state index contributed by atoms with van der Waals surface area (Å²) in [4.78, 5) is 0. The van der Waals surface area contributed by atoms with Gasteiger partial charge in [-0.25, -0.2) is 0 Å². The van der Waals surface area contributed by atoms with Crippen LogP contribution in [0.2, 0.25) is 0 Å². The third-order valence-electron chi connectivity index (χ3n) is 14.2. The lowest BCUT2D eigenvalue weighted by atomic mass is 9.82. The highest BCUT2D eigenvalue weighted by Crippen LogP contribution is 2.35. The number of hydrogen-bond acceptors (Lipinski definition) is 0. The van der Waals surface area contributed by atoms with E-state index in [9.17, 15) is 0 Å². The molecule has 0 saturated heterocycles. The lowest BCUT2D eigenvalue weighted by molar-refractivity contribution is 0.584. The Kier molecular flexibility index (Phi) is 31.8. The van der Waals surface area contributed by atoms with E-state index >= 15 is 0 Å². The van der Waals surface area contributed by atoms with E-state index in [0.717, 1.165) is 25.7 Å². The quantitative estimate of drug-likeness (QED) is 0.143. The van der Waals surface area contributed by atoms with Gasteiger partial charge >= 0.3 is 0 Å². The zero-order valence-corrected chi connectivity index (χ0v) is 54.8. The van der Waals surface area contributed by atoms with Crippen LogP contribution < -0.4 is 0 Å². The fourth-order valence-corrected chi connectivity index (χ4v) is 10.1. The molecule has 5 aliphatic rings. The molecule has 0 radical (unpaired) electrons. The van der Waals surface area contributed by atoms with Crippen molar-refractivity contribution in [3.05, 3.63) is 199 Å². The van der Waals surface area contributed by atoms with Gasteiger partial charge in [0.15, 0.2) is 0 Å². The molecule has 442 valence electrons. The summed E-state index contributed by atoms with van der Waals surface area (Å²) in [5.41, 5.74) is 23.2. The SMILES string of the molecule is C.C.CC.CC.CC.CC.CC.CC(C)(C)c1ccc2c(c1)C=CC2.CC(C)(C)c1ccc2c(c1)CC=C2.CC(C)(C)c1ccc2c(c1)cc1n2CCC1.CC(C)(C)c1cccc2c1C=CC2.CC(C)(C)c1cccc2c1CC=C2. The molecule has 1 aliphatic heterocycles. The number of benzene rings is 5. The highest BCUT2D eigenvalue weighted by Gasteiger charge is 2.22. The first-order valence-corrected chi connectivity index (χ1v) is 30.7. The van der Waals surface area contributed by atoms with E-state index in [-0.39, 0.29) is 41.9 Å². The summed E-state index contributed by atoms with van der Waals surface area (Å²) in [5, 5.41) is 1.42. The highest BCUT2D eigenvalue weighted by atomic mass is 15.0. The Morgan fingerprint density at radius 2 is 0.825 bits per heavy atom. The maximum absolute atomic E-state index is 2.47. The summed E-state index contributed by atoms with van der Waals surface area (Å²) in [5.74, 6) is 0. The largest absolute Gasteiger partial charge is 0.345 e. The van der Waals surface area contributed by atoms with Gasteiger partial charge in [-0.05, 0) is 156 Å². The molecule has 1 aromatic heterocycles. The monoisotopic (exact) mass is 1080 g/mol.